The lowest BCUT2D eigenvalue weighted by Crippen LogP contribution is -2.46. The van der Waals surface area contributed by atoms with E-state index in [-0.39, 0.29) is 12.6 Å². The molecule has 0 saturated carbocycles. The van der Waals surface area contributed by atoms with Crippen molar-refractivity contribution in [1.82, 2.24) is 10.2 Å². The van der Waals surface area contributed by atoms with Crippen molar-refractivity contribution >= 4 is 23.3 Å². The zero-order valence-corrected chi connectivity index (χ0v) is 11.0. The van der Waals surface area contributed by atoms with Gasteiger partial charge in [-0.1, -0.05) is 6.07 Å². The Kier molecular flexibility index (Phi) is 5.11. The van der Waals surface area contributed by atoms with E-state index in [4.69, 9.17) is 10.2 Å². The van der Waals surface area contributed by atoms with Crippen LogP contribution in [0.3, 0.4) is 0 Å². The third kappa shape index (κ3) is 3.44. The van der Waals surface area contributed by atoms with Gasteiger partial charge in [0.25, 0.3) is 0 Å². The molecule has 1 rings (SSSR count). The number of carbonyl (C=O) groups is 2. The number of likely N-dealkylation sites (N-methyl/N-ethyl adjacent to an activating group) is 1. The van der Waals surface area contributed by atoms with E-state index in [2.05, 4.69) is 5.32 Å². The quantitative estimate of drug-likeness (QED) is 0.742. The second-order valence-electron chi connectivity index (χ2n) is 3.88. The Morgan fingerprint density at radius 2 is 2.22 bits per heavy atom. The van der Waals surface area contributed by atoms with Gasteiger partial charge in [-0.05, 0) is 18.4 Å². The van der Waals surface area contributed by atoms with E-state index in [0.717, 1.165) is 0 Å². The fraction of sp³-hybridized carbons (Fsp3) is 0.455. The summed E-state index contributed by atoms with van der Waals surface area (Å²) in [5, 5.41) is 22.2. The zero-order chi connectivity index (χ0) is 13.7. The fourth-order valence-corrected chi connectivity index (χ4v) is 2.03. The van der Waals surface area contributed by atoms with Crippen LogP contribution in [-0.2, 0) is 4.79 Å². The standard InChI is InChI=1S/C11H16N2O4S/c1-7(6-14)13(2)11(17)12-9(10(15)16)8-4-3-5-18-8/h3-5,7,9,14H,6H2,1-2H3,(H,12,17)(H,15,16). The lowest BCUT2D eigenvalue weighted by atomic mass is 10.2. The van der Waals surface area contributed by atoms with Crippen LogP contribution in [0.25, 0.3) is 0 Å². The highest BCUT2D eigenvalue weighted by molar-refractivity contribution is 7.10. The Bertz CT molecular complexity index is 407. The van der Waals surface area contributed by atoms with Crippen molar-refractivity contribution in [2.24, 2.45) is 0 Å². The number of aliphatic hydroxyl groups excluding tert-OH is 1. The molecule has 0 aliphatic heterocycles. The predicted octanol–water partition coefficient (Wildman–Crippen LogP) is 0.896. The molecule has 3 N–H and O–H groups in total. The largest absolute Gasteiger partial charge is 0.479 e. The summed E-state index contributed by atoms with van der Waals surface area (Å²) in [6.45, 7) is 1.49. The average Bonchev–Trinajstić information content (AvgIpc) is 2.86. The van der Waals surface area contributed by atoms with Crippen molar-refractivity contribution in [3.05, 3.63) is 22.4 Å². The number of rotatable bonds is 5. The van der Waals surface area contributed by atoms with Crippen LogP contribution in [0.4, 0.5) is 4.79 Å². The summed E-state index contributed by atoms with van der Waals surface area (Å²) in [5.74, 6) is -1.11. The Balaban J connectivity index is 2.74. The Morgan fingerprint density at radius 1 is 1.56 bits per heavy atom. The van der Waals surface area contributed by atoms with E-state index in [1.807, 2.05) is 0 Å². The molecule has 1 aromatic rings. The number of aliphatic carboxylic acids is 1. The van der Waals surface area contributed by atoms with Crippen LogP contribution < -0.4 is 5.32 Å². The van der Waals surface area contributed by atoms with Gasteiger partial charge in [0.1, 0.15) is 0 Å². The number of hydrogen-bond donors (Lipinski definition) is 3. The van der Waals surface area contributed by atoms with Gasteiger partial charge in [0.15, 0.2) is 6.04 Å². The Morgan fingerprint density at radius 3 is 2.67 bits per heavy atom. The van der Waals surface area contributed by atoms with Crippen LogP contribution in [0.15, 0.2) is 17.5 Å². The molecule has 100 valence electrons. The minimum atomic E-state index is -1.11. The second kappa shape index (κ2) is 6.36. The molecule has 0 spiro atoms. The molecule has 2 unspecified atom stereocenters. The number of aliphatic hydroxyl groups is 1. The van der Waals surface area contributed by atoms with Crippen molar-refractivity contribution < 1.29 is 19.8 Å². The topological polar surface area (TPSA) is 89.9 Å². The number of amides is 2. The van der Waals surface area contributed by atoms with Crippen molar-refractivity contribution in [3.8, 4) is 0 Å². The molecule has 0 saturated heterocycles. The molecule has 6 nitrogen and oxygen atoms in total. The molecule has 2 amide bonds. The summed E-state index contributed by atoms with van der Waals surface area (Å²) in [7, 11) is 1.50. The number of nitrogens with zero attached hydrogens (tertiary/aromatic N) is 1. The maximum Gasteiger partial charge on any atom is 0.331 e. The van der Waals surface area contributed by atoms with Gasteiger partial charge < -0.3 is 20.4 Å². The molecule has 0 aliphatic rings. The molecular formula is C11H16N2O4S. The normalized spacial score (nSPS) is 13.7. The van der Waals surface area contributed by atoms with Crippen LogP contribution in [0.1, 0.15) is 17.8 Å². The summed E-state index contributed by atoms with van der Waals surface area (Å²) in [5.41, 5.74) is 0. The number of carbonyl (C=O) groups excluding carboxylic acids is 1. The van der Waals surface area contributed by atoms with Crippen LogP contribution in [0.2, 0.25) is 0 Å². The Hall–Kier alpha value is -1.60. The molecule has 0 bridgehead atoms. The molecule has 0 aromatic carbocycles. The highest BCUT2D eigenvalue weighted by Gasteiger charge is 2.25. The molecule has 7 heteroatoms. The van der Waals surface area contributed by atoms with Gasteiger partial charge in [0.2, 0.25) is 0 Å². The van der Waals surface area contributed by atoms with Gasteiger partial charge in [-0.15, -0.1) is 11.3 Å². The first-order valence-electron chi connectivity index (χ1n) is 5.37. The lowest BCUT2D eigenvalue weighted by Gasteiger charge is -2.25. The first-order chi connectivity index (χ1) is 8.47. The molecule has 0 fully saturated rings. The number of nitrogens with one attached hydrogen (secondary N) is 1. The SMILES string of the molecule is CC(CO)N(C)C(=O)NC(C(=O)O)c1cccs1. The summed E-state index contributed by atoms with van der Waals surface area (Å²) < 4.78 is 0. The monoisotopic (exact) mass is 272 g/mol. The third-order valence-electron chi connectivity index (χ3n) is 2.59. The molecule has 0 radical (unpaired) electrons. The van der Waals surface area contributed by atoms with Gasteiger partial charge in [0.05, 0.1) is 12.6 Å². The number of thiophene rings is 1. The van der Waals surface area contributed by atoms with Crippen LogP contribution in [0.5, 0.6) is 0 Å². The van der Waals surface area contributed by atoms with Crippen molar-refractivity contribution in [3.63, 3.8) is 0 Å². The summed E-state index contributed by atoms with van der Waals surface area (Å²) in [4.78, 5) is 24.7. The average molecular weight is 272 g/mol. The minimum absolute atomic E-state index is 0.180. The highest BCUT2D eigenvalue weighted by Crippen LogP contribution is 2.19. The Labute approximate surface area is 109 Å². The van der Waals surface area contributed by atoms with E-state index in [0.29, 0.717) is 4.88 Å². The van der Waals surface area contributed by atoms with Crippen molar-refractivity contribution in [2.45, 2.75) is 19.0 Å². The fourth-order valence-electron chi connectivity index (χ4n) is 1.26. The smallest absolute Gasteiger partial charge is 0.331 e. The summed E-state index contributed by atoms with van der Waals surface area (Å²) in [6, 6.07) is 1.41. The van der Waals surface area contributed by atoms with Crippen molar-refractivity contribution in [1.29, 1.82) is 0 Å². The van der Waals surface area contributed by atoms with E-state index in [9.17, 15) is 9.59 Å². The minimum Gasteiger partial charge on any atom is -0.479 e. The second-order valence-corrected chi connectivity index (χ2v) is 4.86. The number of urea groups is 1. The van der Waals surface area contributed by atoms with Gasteiger partial charge >= 0.3 is 12.0 Å². The van der Waals surface area contributed by atoms with E-state index >= 15 is 0 Å². The molecule has 18 heavy (non-hydrogen) atoms. The van der Waals surface area contributed by atoms with Gasteiger partial charge in [0, 0.05) is 11.9 Å². The van der Waals surface area contributed by atoms with E-state index in [1.165, 1.54) is 23.3 Å². The van der Waals surface area contributed by atoms with Crippen LogP contribution in [0, 0.1) is 0 Å². The first kappa shape index (κ1) is 14.5. The third-order valence-corrected chi connectivity index (χ3v) is 3.53. The molecule has 1 aromatic heterocycles. The molecule has 0 aliphatic carbocycles. The van der Waals surface area contributed by atoms with Crippen LogP contribution in [-0.4, -0.2) is 46.8 Å². The van der Waals surface area contributed by atoms with Crippen molar-refractivity contribution in [2.75, 3.05) is 13.7 Å². The number of carboxylic acid groups (broad SMARTS) is 1. The number of carboxylic acids is 1. The van der Waals surface area contributed by atoms with E-state index in [1.54, 1.807) is 24.4 Å². The maximum absolute atomic E-state index is 11.8. The van der Waals surface area contributed by atoms with Gasteiger partial charge in [-0.25, -0.2) is 9.59 Å². The highest BCUT2D eigenvalue weighted by atomic mass is 32.1. The van der Waals surface area contributed by atoms with E-state index < -0.39 is 18.0 Å². The van der Waals surface area contributed by atoms with Gasteiger partial charge in [-0.3, -0.25) is 0 Å². The predicted molar refractivity (Wildman–Crippen MR) is 67.5 cm³/mol. The maximum atomic E-state index is 11.8. The lowest BCUT2D eigenvalue weighted by molar-refractivity contribution is -0.139. The summed E-state index contributed by atoms with van der Waals surface area (Å²) >= 11 is 1.26. The van der Waals surface area contributed by atoms with Gasteiger partial charge in [-0.2, -0.15) is 0 Å². The number of hydrogen-bond acceptors (Lipinski definition) is 4. The molecule has 1 heterocycles. The first-order valence-corrected chi connectivity index (χ1v) is 6.25. The molecule has 2 atom stereocenters. The zero-order valence-electron chi connectivity index (χ0n) is 10.2. The van der Waals surface area contributed by atoms with Crippen LogP contribution >= 0.6 is 11.3 Å². The summed E-state index contributed by atoms with van der Waals surface area (Å²) in [6.07, 6.45) is 0. The molecular weight excluding hydrogens is 256 g/mol.